The van der Waals surface area contributed by atoms with Crippen molar-refractivity contribution in [2.45, 2.75) is 27.3 Å². The summed E-state index contributed by atoms with van der Waals surface area (Å²) >= 11 is 1.70. The predicted octanol–water partition coefficient (Wildman–Crippen LogP) is 2.08. The van der Waals surface area contributed by atoms with Crippen molar-refractivity contribution in [1.29, 1.82) is 0 Å². The van der Waals surface area contributed by atoms with Gasteiger partial charge in [0, 0.05) is 30.7 Å². The lowest BCUT2D eigenvalue weighted by Crippen LogP contribution is -2.40. The van der Waals surface area contributed by atoms with Crippen molar-refractivity contribution in [1.82, 2.24) is 20.5 Å². The van der Waals surface area contributed by atoms with E-state index in [0.29, 0.717) is 6.54 Å². The van der Waals surface area contributed by atoms with Crippen LogP contribution in [0.4, 0.5) is 0 Å². The van der Waals surface area contributed by atoms with Gasteiger partial charge in [0.1, 0.15) is 5.01 Å². The number of thiazole rings is 1. The van der Waals surface area contributed by atoms with E-state index in [1.807, 2.05) is 6.20 Å². The maximum atomic E-state index is 4.54. The highest BCUT2D eigenvalue weighted by molar-refractivity contribution is 14.0. The summed E-state index contributed by atoms with van der Waals surface area (Å²) in [4.78, 5) is 12.4. The van der Waals surface area contributed by atoms with Crippen molar-refractivity contribution >= 4 is 41.3 Å². The molecule has 0 aliphatic rings. The molecule has 0 atom stereocenters. The molecule has 7 heteroatoms. The van der Waals surface area contributed by atoms with Crippen LogP contribution in [-0.4, -0.2) is 49.1 Å². The monoisotopic (exact) mass is 411 g/mol. The normalized spacial score (nSPS) is 11.3. The summed E-state index contributed by atoms with van der Waals surface area (Å²) in [5, 5.41) is 7.64. The Morgan fingerprint density at radius 2 is 2.15 bits per heavy atom. The van der Waals surface area contributed by atoms with E-state index in [4.69, 9.17) is 0 Å². The van der Waals surface area contributed by atoms with E-state index in [2.05, 4.69) is 53.3 Å². The van der Waals surface area contributed by atoms with Gasteiger partial charge in [-0.15, -0.1) is 35.3 Å². The Bertz CT molecular complexity index is 394. The van der Waals surface area contributed by atoms with Crippen LogP contribution >= 0.6 is 35.3 Å². The van der Waals surface area contributed by atoms with Crippen LogP contribution in [0.1, 0.15) is 23.7 Å². The van der Waals surface area contributed by atoms with Crippen molar-refractivity contribution in [3.05, 3.63) is 16.1 Å². The second-order valence-corrected chi connectivity index (χ2v) is 5.70. The van der Waals surface area contributed by atoms with Crippen LogP contribution in [0.3, 0.4) is 0 Å². The Balaban J connectivity index is 0.00000361. The molecule has 0 fully saturated rings. The lowest BCUT2D eigenvalue weighted by Gasteiger charge is -2.16. The maximum Gasteiger partial charge on any atom is 0.191 e. The number of rotatable bonds is 7. The molecule has 0 aliphatic carbocycles. The lowest BCUT2D eigenvalue weighted by atomic mass is 10.5. The molecule has 0 amide bonds. The van der Waals surface area contributed by atoms with Crippen molar-refractivity contribution < 1.29 is 0 Å². The molecule has 0 saturated heterocycles. The average Bonchev–Trinajstić information content (AvgIpc) is 2.81. The summed E-state index contributed by atoms with van der Waals surface area (Å²) in [5.41, 5.74) is 0. The zero-order chi connectivity index (χ0) is 14.1. The Hall–Kier alpha value is -0.410. The van der Waals surface area contributed by atoms with E-state index in [1.165, 1.54) is 4.88 Å². The SMILES string of the molecule is CCNC(=NCc1ncc(C)s1)NCCN(C)CC.I. The van der Waals surface area contributed by atoms with Crippen LogP contribution in [0.25, 0.3) is 0 Å². The Kier molecular flexibility index (Phi) is 11.0. The Morgan fingerprint density at radius 1 is 1.40 bits per heavy atom. The van der Waals surface area contributed by atoms with Crippen molar-refractivity contribution in [3.63, 3.8) is 0 Å². The van der Waals surface area contributed by atoms with Crippen LogP contribution in [0.2, 0.25) is 0 Å². The second-order valence-electron chi connectivity index (χ2n) is 4.38. The van der Waals surface area contributed by atoms with E-state index < -0.39 is 0 Å². The van der Waals surface area contributed by atoms with Crippen molar-refractivity contribution in [2.75, 3.05) is 33.2 Å². The van der Waals surface area contributed by atoms with E-state index in [1.54, 1.807) is 11.3 Å². The first-order chi connectivity index (χ1) is 9.15. The molecule has 20 heavy (non-hydrogen) atoms. The summed E-state index contributed by atoms with van der Waals surface area (Å²) < 4.78 is 0. The smallest absolute Gasteiger partial charge is 0.191 e. The van der Waals surface area contributed by atoms with Gasteiger partial charge in [0.2, 0.25) is 0 Å². The fourth-order valence-corrected chi connectivity index (χ4v) is 2.20. The first-order valence-corrected chi connectivity index (χ1v) is 7.59. The van der Waals surface area contributed by atoms with Crippen LogP contribution in [0.15, 0.2) is 11.2 Å². The van der Waals surface area contributed by atoms with E-state index in [9.17, 15) is 0 Å². The van der Waals surface area contributed by atoms with Gasteiger partial charge in [0.25, 0.3) is 0 Å². The molecule has 0 unspecified atom stereocenters. The van der Waals surface area contributed by atoms with E-state index in [-0.39, 0.29) is 24.0 Å². The zero-order valence-corrected chi connectivity index (χ0v) is 15.9. The van der Waals surface area contributed by atoms with Crippen molar-refractivity contribution in [2.24, 2.45) is 4.99 Å². The Morgan fingerprint density at radius 3 is 2.70 bits per heavy atom. The molecule has 0 saturated carbocycles. The van der Waals surface area contributed by atoms with Gasteiger partial charge in [-0.2, -0.15) is 0 Å². The molecule has 0 spiro atoms. The van der Waals surface area contributed by atoms with Gasteiger partial charge in [0.05, 0.1) is 6.54 Å². The lowest BCUT2D eigenvalue weighted by molar-refractivity contribution is 0.357. The molecule has 1 aromatic rings. The highest BCUT2D eigenvalue weighted by Crippen LogP contribution is 2.11. The number of aryl methyl sites for hydroxylation is 1. The minimum absolute atomic E-state index is 0. The van der Waals surface area contributed by atoms with Crippen LogP contribution < -0.4 is 10.6 Å². The fraction of sp³-hybridized carbons (Fsp3) is 0.692. The van der Waals surface area contributed by atoms with Gasteiger partial charge in [0.15, 0.2) is 5.96 Å². The molecule has 0 aromatic carbocycles. The topological polar surface area (TPSA) is 52.6 Å². The summed E-state index contributed by atoms with van der Waals surface area (Å²) in [5.74, 6) is 0.861. The van der Waals surface area contributed by atoms with Gasteiger partial charge in [-0.3, -0.25) is 0 Å². The first kappa shape index (κ1) is 19.6. The van der Waals surface area contributed by atoms with Crippen molar-refractivity contribution in [3.8, 4) is 0 Å². The van der Waals surface area contributed by atoms with E-state index in [0.717, 1.165) is 37.1 Å². The minimum Gasteiger partial charge on any atom is -0.357 e. The minimum atomic E-state index is 0. The van der Waals surface area contributed by atoms with Gasteiger partial charge in [-0.1, -0.05) is 6.92 Å². The molecule has 0 bridgehead atoms. The molecule has 116 valence electrons. The quantitative estimate of drug-likeness (QED) is 0.410. The molecule has 0 aliphatic heterocycles. The second kappa shape index (κ2) is 11.3. The molecule has 2 N–H and O–H groups in total. The molecular formula is C13H26IN5S. The van der Waals surface area contributed by atoms with Gasteiger partial charge < -0.3 is 15.5 Å². The first-order valence-electron chi connectivity index (χ1n) is 6.77. The number of nitrogens with zero attached hydrogens (tertiary/aromatic N) is 3. The summed E-state index contributed by atoms with van der Waals surface area (Å²) in [6.45, 7) is 10.8. The van der Waals surface area contributed by atoms with Gasteiger partial charge >= 0.3 is 0 Å². The molecule has 1 rings (SSSR count). The number of likely N-dealkylation sites (N-methyl/N-ethyl adjacent to an activating group) is 1. The molecular weight excluding hydrogens is 385 g/mol. The highest BCUT2D eigenvalue weighted by Gasteiger charge is 2.01. The van der Waals surface area contributed by atoms with Crippen LogP contribution in [0, 0.1) is 6.92 Å². The third kappa shape index (κ3) is 8.01. The molecule has 1 heterocycles. The molecule has 0 radical (unpaired) electrons. The third-order valence-electron chi connectivity index (χ3n) is 2.71. The number of halogens is 1. The van der Waals surface area contributed by atoms with Crippen LogP contribution in [-0.2, 0) is 6.54 Å². The summed E-state index contributed by atoms with van der Waals surface area (Å²) in [6.07, 6.45) is 1.89. The largest absolute Gasteiger partial charge is 0.357 e. The Labute approximate surface area is 143 Å². The summed E-state index contributed by atoms with van der Waals surface area (Å²) in [6, 6.07) is 0. The van der Waals surface area contributed by atoms with Gasteiger partial charge in [-0.25, -0.2) is 9.98 Å². The summed E-state index contributed by atoms with van der Waals surface area (Å²) in [7, 11) is 2.12. The standard InChI is InChI=1S/C13H25N5S.HI/c1-5-14-13(15-7-8-18(4)6-2)17-10-12-16-9-11(3)19-12;/h9H,5-8,10H2,1-4H3,(H2,14,15,17);1H. The maximum absolute atomic E-state index is 4.54. The molecule has 1 aromatic heterocycles. The molecule has 5 nitrogen and oxygen atoms in total. The number of aliphatic imine (C=N–C) groups is 1. The number of hydrogen-bond donors (Lipinski definition) is 2. The number of aromatic nitrogens is 1. The fourth-order valence-electron chi connectivity index (χ4n) is 1.49. The highest BCUT2D eigenvalue weighted by atomic mass is 127. The van der Waals surface area contributed by atoms with Gasteiger partial charge in [-0.05, 0) is 27.4 Å². The predicted molar refractivity (Wildman–Crippen MR) is 98.3 cm³/mol. The third-order valence-corrected chi connectivity index (χ3v) is 3.61. The van der Waals surface area contributed by atoms with E-state index >= 15 is 0 Å². The number of guanidine groups is 1. The number of nitrogens with one attached hydrogen (secondary N) is 2. The average molecular weight is 411 g/mol. The zero-order valence-electron chi connectivity index (χ0n) is 12.8. The van der Waals surface area contributed by atoms with Crippen LogP contribution in [0.5, 0.6) is 0 Å². The number of hydrogen-bond acceptors (Lipinski definition) is 4.